The van der Waals surface area contributed by atoms with Crippen molar-refractivity contribution in [1.29, 1.82) is 0 Å². The Hall–Kier alpha value is -0.570. The highest BCUT2D eigenvalue weighted by molar-refractivity contribution is 6.30. The molecule has 1 atom stereocenters. The fourth-order valence-electron chi connectivity index (χ4n) is 3.94. The van der Waals surface area contributed by atoms with Crippen LogP contribution in [0.25, 0.3) is 0 Å². The van der Waals surface area contributed by atoms with Crippen molar-refractivity contribution in [1.82, 2.24) is 9.80 Å². The number of likely N-dealkylation sites (tertiary alicyclic amines) is 2. The molecule has 2 saturated heterocycles. The molecule has 0 saturated carbocycles. The summed E-state index contributed by atoms with van der Waals surface area (Å²) in [7, 11) is 0. The number of rotatable bonds is 3. The Labute approximate surface area is 134 Å². The predicted octanol–water partition coefficient (Wildman–Crippen LogP) is 4.18. The summed E-state index contributed by atoms with van der Waals surface area (Å²) in [5.41, 5.74) is 1.65. The average molecular weight is 307 g/mol. The van der Waals surface area contributed by atoms with Crippen molar-refractivity contribution in [3.05, 3.63) is 34.9 Å². The molecule has 0 N–H and O–H groups in total. The van der Waals surface area contributed by atoms with E-state index in [4.69, 9.17) is 11.6 Å². The summed E-state index contributed by atoms with van der Waals surface area (Å²) in [5.74, 6) is 0. The lowest BCUT2D eigenvalue weighted by atomic mass is 9.86. The van der Waals surface area contributed by atoms with Crippen LogP contribution in [0, 0.1) is 0 Å². The SMILES string of the molecule is CC1(C)CC(N2CCCC2)CCN1Cc1ccc(Cl)cc1. The van der Waals surface area contributed by atoms with E-state index in [2.05, 4.69) is 35.8 Å². The second-order valence-corrected chi connectivity index (χ2v) is 7.69. The van der Waals surface area contributed by atoms with Crippen LogP contribution in [0.1, 0.15) is 45.1 Å². The van der Waals surface area contributed by atoms with E-state index in [1.807, 2.05) is 12.1 Å². The van der Waals surface area contributed by atoms with Crippen LogP contribution in [0.15, 0.2) is 24.3 Å². The monoisotopic (exact) mass is 306 g/mol. The number of hydrogen-bond donors (Lipinski definition) is 0. The molecule has 0 aromatic heterocycles. The summed E-state index contributed by atoms with van der Waals surface area (Å²) in [5, 5.41) is 0.825. The molecule has 2 aliphatic heterocycles. The zero-order valence-electron chi connectivity index (χ0n) is 13.3. The van der Waals surface area contributed by atoms with Gasteiger partial charge in [-0.15, -0.1) is 0 Å². The lowest BCUT2D eigenvalue weighted by Gasteiger charge is -2.48. The van der Waals surface area contributed by atoms with Gasteiger partial charge in [0.1, 0.15) is 0 Å². The quantitative estimate of drug-likeness (QED) is 0.826. The number of halogens is 1. The maximum absolute atomic E-state index is 5.98. The van der Waals surface area contributed by atoms with Crippen LogP contribution in [0.4, 0.5) is 0 Å². The molecule has 21 heavy (non-hydrogen) atoms. The maximum atomic E-state index is 5.98. The van der Waals surface area contributed by atoms with Gasteiger partial charge in [0.05, 0.1) is 0 Å². The normalized spacial score (nSPS) is 27.1. The lowest BCUT2D eigenvalue weighted by molar-refractivity contribution is 0.0191. The Morgan fingerprint density at radius 2 is 1.76 bits per heavy atom. The molecule has 1 aromatic rings. The summed E-state index contributed by atoms with van der Waals surface area (Å²) in [6.07, 6.45) is 5.40. The van der Waals surface area contributed by atoms with Gasteiger partial charge >= 0.3 is 0 Å². The molecule has 2 aliphatic rings. The third kappa shape index (κ3) is 3.61. The fourth-order valence-corrected chi connectivity index (χ4v) is 4.06. The van der Waals surface area contributed by atoms with E-state index in [1.165, 1.54) is 50.9 Å². The first-order valence-electron chi connectivity index (χ1n) is 8.28. The predicted molar refractivity (Wildman–Crippen MR) is 89.8 cm³/mol. The summed E-state index contributed by atoms with van der Waals surface area (Å²) in [6, 6.07) is 9.11. The molecule has 1 unspecified atom stereocenters. The second kappa shape index (κ2) is 6.28. The Morgan fingerprint density at radius 3 is 2.38 bits per heavy atom. The van der Waals surface area contributed by atoms with Gasteiger partial charge in [-0.1, -0.05) is 23.7 Å². The molecule has 2 fully saturated rings. The van der Waals surface area contributed by atoms with Gasteiger partial charge in [0.25, 0.3) is 0 Å². The van der Waals surface area contributed by atoms with Crippen LogP contribution < -0.4 is 0 Å². The standard InChI is InChI=1S/C18H27ClN2/c1-18(2)13-17(20-10-3-4-11-20)9-12-21(18)14-15-5-7-16(19)8-6-15/h5-8,17H,3-4,9-14H2,1-2H3. The molecule has 3 heteroatoms. The summed E-state index contributed by atoms with van der Waals surface area (Å²) < 4.78 is 0. The van der Waals surface area contributed by atoms with Gasteiger partial charge in [0.2, 0.25) is 0 Å². The zero-order valence-corrected chi connectivity index (χ0v) is 14.1. The van der Waals surface area contributed by atoms with Crippen LogP contribution in [0.5, 0.6) is 0 Å². The molecule has 0 radical (unpaired) electrons. The largest absolute Gasteiger partial charge is 0.300 e. The van der Waals surface area contributed by atoms with Gasteiger partial charge in [-0.2, -0.15) is 0 Å². The molecular weight excluding hydrogens is 280 g/mol. The minimum Gasteiger partial charge on any atom is -0.300 e. The van der Waals surface area contributed by atoms with Gasteiger partial charge in [0.15, 0.2) is 0 Å². The average Bonchev–Trinajstić information content (AvgIpc) is 2.97. The number of piperidine rings is 1. The van der Waals surface area contributed by atoms with Crippen LogP contribution in [-0.2, 0) is 6.54 Å². The van der Waals surface area contributed by atoms with Crippen LogP contribution >= 0.6 is 11.6 Å². The molecule has 0 aliphatic carbocycles. The zero-order chi connectivity index (χ0) is 14.9. The first-order chi connectivity index (χ1) is 10.0. The van der Waals surface area contributed by atoms with Gasteiger partial charge in [-0.25, -0.2) is 0 Å². The van der Waals surface area contributed by atoms with Crippen molar-refractivity contribution in [2.45, 2.75) is 57.7 Å². The first-order valence-corrected chi connectivity index (χ1v) is 8.66. The molecule has 2 nitrogen and oxygen atoms in total. The van der Waals surface area contributed by atoms with Crippen LogP contribution in [0.3, 0.4) is 0 Å². The highest BCUT2D eigenvalue weighted by Gasteiger charge is 2.37. The van der Waals surface area contributed by atoms with Crippen molar-refractivity contribution in [3.8, 4) is 0 Å². The van der Waals surface area contributed by atoms with E-state index in [9.17, 15) is 0 Å². The second-order valence-electron chi connectivity index (χ2n) is 7.25. The van der Waals surface area contributed by atoms with Crippen molar-refractivity contribution >= 4 is 11.6 Å². The van der Waals surface area contributed by atoms with Gasteiger partial charge in [-0.3, -0.25) is 4.90 Å². The van der Waals surface area contributed by atoms with E-state index in [1.54, 1.807) is 0 Å². The third-order valence-corrected chi connectivity index (χ3v) is 5.52. The smallest absolute Gasteiger partial charge is 0.0406 e. The summed E-state index contributed by atoms with van der Waals surface area (Å²) >= 11 is 5.98. The maximum Gasteiger partial charge on any atom is 0.0406 e. The molecule has 0 bridgehead atoms. The Morgan fingerprint density at radius 1 is 1.10 bits per heavy atom. The fraction of sp³-hybridized carbons (Fsp3) is 0.667. The Kier molecular flexibility index (Phi) is 4.58. The number of hydrogen-bond acceptors (Lipinski definition) is 2. The van der Waals surface area contributed by atoms with Crippen molar-refractivity contribution in [2.24, 2.45) is 0 Å². The van der Waals surface area contributed by atoms with Gasteiger partial charge in [-0.05, 0) is 70.3 Å². The van der Waals surface area contributed by atoms with E-state index in [0.717, 1.165) is 17.6 Å². The molecule has 0 spiro atoms. The molecule has 2 heterocycles. The molecule has 1 aromatic carbocycles. The Bertz CT molecular complexity index is 463. The van der Waals surface area contributed by atoms with Crippen molar-refractivity contribution in [2.75, 3.05) is 19.6 Å². The molecule has 3 rings (SSSR count). The number of benzene rings is 1. The summed E-state index contributed by atoms with van der Waals surface area (Å²) in [4.78, 5) is 5.37. The molecular formula is C18H27ClN2. The summed E-state index contributed by atoms with van der Waals surface area (Å²) in [6.45, 7) is 9.69. The van der Waals surface area contributed by atoms with E-state index in [0.29, 0.717) is 0 Å². The van der Waals surface area contributed by atoms with Crippen LogP contribution in [0.2, 0.25) is 5.02 Å². The van der Waals surface area contributed by atoms with E-state index in [-0.39, 0.29) is 5.54 Å². The van der Waals surface area contributed by atoms with Gasteiger partial charge < -0.3 is 4.90 Å². The first kappa shape index (κ1) is 15.3. The molecule has 0 amide bonds. The van der Waals surface area contributed by atoms with Crippen LogP contribution in [-0.4, -0.2) is 41.0 Å². The Balaban J connectivity index is 1.63. The van der Waals surface area contributed by atoms with E-state index < -0.39 is 0 Å². The minimum absolute atomic E-state index is 0.283. The highest BCUT2D eigenvalue weighted by atomic mass is 35.5. The highest BCUT2D eigenvalue weighted by Crippen LogP contribution is 2.33. The number of nitrogens with zero attached hydrogens (tertiary/aromatic N) is 2. The minimum atomic E-state index is 0.283. The lowest BCUT2D eigenvalue weighted by Crippen LogP contribution is -2.54. The van der Waals surface area contributed by atoms with Crippen molar-refractivity contribution in [3.63, 3.8) is 0 Å². The van der Waals surface area contributed by atoms with Crippen molar-refractivity contribution < 1.29 is 0 Å². The van der Waals surface area contributed by atoms with Gasteiger partial charge in [0, 0.05) is 29.7 Å². The van der Waals surface area contributed by atoms with E-state index >= 15 is 0 Å². The molecule has 116 valence electrons. The topological polar surface area (TPSA) is 6.48 Å². The third-order valence-electron chi connectivity index (χ3n) is 5.27.